The Morgan fingerprint density at radius 2 is 1.84 bits per heavy atom. The van der Waals surface area contributed by atoms with Crippen molar-refractivity contribution in [2.75, 3.05) is 44.3 Å². The number of anilines is 1. The fourth-order valence-electron chi connectivity index (χ4n) is 5.23. The van der Waals surface area contributed by atoms with Crippen LogP contribution in [0.25, 0.3) is 32.6 Å². The van der Waals surface area contributed by atoms with Gasteiger partial charge in [-0.05, 0) is 54.0 Å². The summed E-state index contributed by atoms with van der Waals surface area (Å²) < 4.78 is 6.53. The Morgan fingerprint density at radius 3 is 2.56 bits per heavy atom. The molecule has 3 aliphatic heterocycles. The standard InChI is InChI=1S/C24H25N5O2S/c30-24-20(21(29-5-1-6-29)22-17(27-24)4-9-32-22)23-25-18-10-14-2-7-28(16-12-31-13-16)8-3-15(14)11-19(18)26-23/h4,9-11,16H,1-3,5-8,12-13H2,(H,25,26)(H,27,30). The van der Waals surface area contributed by atoms with Crippen molar-refractivity contribution in [3.8, 4) is 11.4 Å². The molecule has 0 saturated carbocycles. The predicted molar refractivity (Wildman–Crippen MR) is 128 cm³/mol. The van der Waals surface area contributed by atoms with Crippen LogP contribution in [0.2, 0.25) is 0 Å². The molecule has 7 rings (SSSR count). The summed E-state index contributed by atoms with van der Waals surface area (Å²) >= 11 is 1.68. The molecule has 0 amide bonds. The van der Waals surface area contributed by atoms with Crippen LogP contribution in [0.4, 0.5) is 5.69 Å². The first-order valence-electron chi connectivity index (χ1n) is 11.5. The highest BCUT2D eigenvalue weighted by molar-refractivity contribution is 7.17. The molecule has 2 fully saturated rings. The number of hydrogen-bond donors (Lipinski definition) is 2. The van der Waals surface area contributed by atoms with Crippen molar-refractivity contribution in [3.05, 3.63) is 45.1 Å². The summed E-state index contributed by atoms with van der Waals surface area (Å²) in [7, 11) is 0. The van der Waals surface area contributed by atoms with Crippen LogP contribution in [-0.2, 0) is 17.6 Å². The molecule has 0 bridgehead atoms. The second kappa shape index (κ2) is 7.16. The molecule has 0 aliphatic carbocycles. The summed E-state index contributed by atoms with van der Waals surface area (Å²) in [5.74, 6) is 0.673. The highest BCUT2D eigenvalue weighted by atomic mass is 32.1. The maximum Gasteiger partial charge on any atom is 0.261 e. The Hall–Kier alpha value is -2.68. The van der Waals surface area contributed by atoms with Gasteiger partial charge in [0, 0.05) is 26.2 Å². The van der Waals surface area contributed by atoms with Crippen molar-refractivity contribution in [1.82, 2.24) is 19.9 Å². The van der Waals surface area contributed by atoms with Crippen molar-refractivity contribution < 1.29 is 4.74 Å². The number of fused-ring (bicyclic) bond motifs is 3. The maximum atomic E-state index is 13.2. The molecule has 1 aromatic carbocycles. The summed E-state index contributed by atoms with van der Waals surface area (Å²) in [5, 5.41) is 2.04. The third-order valence-electron chi connectivity index (χ3n) is 7.28. The van der Waals surface area contributed by atoms with Crippen LogP contribution >= 0.6 is 11.3 Å². The van der Waals surface area contributed by atoms with Crippen LogP contribution in [0, 0.1) is 0 Å². The number of nitrogens with one attached hydrogen (secondary N) is 2. The van der Waals surface area contributed by atoms with Gasteiger partial charge in [-0.15, -0.1) is 11.3 Å². The van der Waals surface area contributed by atoms with E-state index in [1.807, 2.05) is 11.4 Å². The molecule has 0 unspecified atom stereocenters. The molecular formula is C24H25N5O2S. The van der Waals surface area contributed by atoms with Gasteiger partial charge in [0.05, 0.1) is 46.2 Å². The van der Waals surface area contributed by atoms with Crippen LogP contribution < -0.4 is 10.5 Å². The van der Waals surface area contributed by atoms with Crippen LogP contribution in [0.5, 0.6) is 0 Å². The van der Waals surface area contributed by atoms with Gasteiger partial charge in [-0.25, -0.2) is 4.98 Å². The van der Waals surface area contributed by atoms with E-state index in [1.165, 1.54) is 11.1 Å². The Labute approximate surface area is 189 Å². The van der Waals surface area contributed by atoms with Crippen molar-refractivity contribution in [2.45, 2.75) is 25.3 Å². The smallest absolute Gasteiger partial charge is 0.261 e. The number of H-pyrrole nitrogens is 2. The van der Waals surface area contributed by atoms with Crippen molar-refractivity contribution >= 4 is 38.3 Å². The van der Waals surface area contributed by atoms with Crippen LogP contribution in [-0.4, -0.2) is 65.3 Å². The normalized spacial score (nSPS) is 19.7. The summed E-state index contributed by atoms with van der Waals surface area (Å²) in [5.41, 5.74) is 7.27. The number of benzene rings is 1. The van der Waals surface area contributed by atoms with Crippen LogP contribution in [0.15, 0.2) is 28.4 Å². The van der Waals surface area contributed by atoms with Crippen molar-refractivity contribution in [3.63, 3.8) is 0 Å². The molecule has 0 radical (unpaired) electrons. The van der Waals surface area contributed by atoms with Crippen LogP contribution in [0.1, 0.15) is 17.5 Å². The van der Waals surface area contributed by atoms with Gasteiger partial charge in [0.25, 0.3) is 5.56 Å². The van der Waals surface area contributed by atoms with E-state index in [0.29, 0.717) is 17.4 Å². The highest BCUT2D eigenvalue weighted by Gasteiger charge is 2.29. The first-order chi connectivity index (χ1) is 15.7. The second-order valence-electron chi connectivity index (χ2n) is 9.13. The topological polar surface area (TPSA) is 77.2 Å². The minimum atomic E-state index is -0.0724. The molecule has 3 aliphatic rings. The molecular weight excluding hydrogens is 422 g/mol. The number of aromatic amines is 2. The molecule has 0 spiro atoms. The first-order valence-corrected chi connectivity index (χ1v) is 12.3. The predicted octanol–water partition coefficient (Wildman–Crippen LogP) is 3.14. The summed E-state index contributed by atoms with van der Waals surface area (Å²) in [6.45, 7) is 5.84. The Kier molecular flexibility index (Phi) is 4.22. The van der Waals surface area contributed by atoms with E-state index >= 15 is 0 Å². The van der Waals surface area contributed by atoms with Crippen molar-refractivity contribution in [1.29, 1.82) is 0 Å². The molecule has 8 heteroatoms. The zero-order chi connectivity index (χ0) is 21.2. The number of ether oxygens (including phenoxy) is 1. The van der Waals surface area contributed by atoms with Gasteiger partial charge in [0.15, 0.2) is 0 Å². The number of nitrogens with zero attached hydrogens (tertiary/aromatic N) is 3. The van der Waals surface area contributed by atoms with E-state index in [0.717, 1.165) is 85.6 Å². The Balaban J connectivity index is 1.31. The van der Waals surface area contributed by atoms with Gasteiger partial charge >= 0.3 is 0 Å². The SMILES string of the molecule is O=c1[nH]c2ccsc2c(N2CCC2)c1-c1nc2cc3c(cc2[nH]1)CCN(C1COC1)CC3. The molecule has 3 aromatic heterocycles. The minimum Gasteiger partial charge on any atom is -0.378 e. The van der Waals surface area contributed by atoms with E-state index in [-0.39, 0.29) is 5.56 Å². The third-order valence-corrected chi connectivity index (χ3v) is 8.20. The van der Waals surface area contributed by atoms with E-state index in [1.54, 1.807) is 11.3 Å². The first kappa shape index (κ1) is 18.8. The number of aromatic nitrogens is 3. The van der Waals surface area contributed by atoms with E-state index < -0.39 is 0 Å². The third kappa shape index (κ3) is 2.86. The minimum absolute atomic E-state index is 0.0724. The zero-order valence-electron chi connectivity index (χ0n) is 17.8. The number of pyridine rings is 1. The lowest BCUT2D eigenvalue weighted by atomic mass is 10.0. The number of thiophene rings is 1. The average molecular weight is 448 g/mol. The monoisotopic (exact) mass is 447 g/mol. The van der Waals surface area contributed by atoms with Gasteiger partial charge in [-0.1, -0.05) is 0 Å². The largest absolute Gasteiger partial charge is 0.378 e. The fourth-order valence-corrected chi connectivity index (χ4v) is 6.16. The van der Waals surface area contributed by atoms with Crippen LogP contribution in [0.3, 0.4) is 0 Å². The lowest BCUT2D eigenvalue weighted by Crippen LogP contribution is -2.49. The lowest BCUT2D eigenvalue weighted by molar-refractivity contribution is -0.0634. The van der Waals surface area contributed by atoms with Gasteiger partial charge in [0.1, 0.15) is 11.4 Å². The summed E-state index contributed by atoms with van der Waals surface area (Å²) in [6.07, 6.45) is 3.23. The molecule has 2 N–H and O–H groups in total. The average Bonchev–Trinajstić information content (AvgIpc) is 3.27. The van der Waals surface area contributed by atoms with Gasteiger partial charge < -0.3 is 19.6 Å². The molecule has 164 valence electrons. The quantitative estimate of drug-likeness (QED) is 0.505. The summed E-state index contributed by atoms with van der Waals surface area (Å²) in [6, 6.07) is 7.05. The molecule has 0 atom stereocenters. The molecule has 32 heavy (non-hydrogen) atoms. The van der Waals surface area contributed by atoms with E-state index in [9.17, 15) is 4.79 Å². The summed E-state index contributed by atoms with van der Waals surface area (Å²) in [4.78, 5) is 29.5. The van der Waals surface area contributed by atoms with E-state index in [2.05, 4.69) is 31.9 Å². The van der Waals surface area contributed by atoms with Gasteiger partial charge in [0.2, 0.25) is 0 Å². The van der Waals surface area contributed by atoms with Gasteiger partial charge in [-0.2, -0.15) is 0 Å². The number of hydrogen-bond acceptors (Lipinski definition) is 6. The Bertz CT molecular complexity index is 1350. The fraction of sp³-hybridized carbons (Fsp3) is 0.417. The number of imidazole rings is 1. The van der Waals surface area contributed by atoms with Crippen molar-refractivity contribution in [2.24, 2.45) is 0 Å². The van der Waals surface area contributed by atoms with Gasteiger partial charge in [-0.3, -0.25) is 9.69 Å². The molecule has 7 nitrogen and oxygen atoms in total. The maximum absolute atomic E-state index is 13.2. The second-order valence-corrected chi connectivity index (χ2v) is 10.0. The highest BCUT2D eigenvalue weighted by Crippen LogP contribution is 2.38. The molecule has 6 heterocycles. The zero-order valence-corrected chi connectivity index (χ0v) is 18.6. The lowest BCUT2D eigenvalue weighted by Gasteiger charge is -2.36. The number of rotatable bonds is 3. The van der Waals surface area contributed by atoms with E-state index in [4.69, 9.17) is 9.72 Å². The Morgan fingerprint density at radius 1 is 1.03 bits per heavy atom. The molecule has 2 saturated heterocycles. The molecule has 4 aromatic rings.